The highest BCUT2D eigenvalue weighted by atomic mass is 32.1. The number of carbonyl (C=O) groups is 2. The number of nitrogens with one attached hydrogen (secondary N) is 3. The molecular weight excluding hydrogens is 534 g/mol. The smallest absolute Gasteiger partial charge is 0.270 e. The first kappa shape index (κ1) is 26.8. The molecule has 0 saturated carbocycles. The van der Waals surface area contributed by atoms with Gasteiger partial charge in [0.1, 0.15) is 17.8 Å². The molecule has 2 amide bonds. The van der Waals surface area contributed by atoms with Gasteiger partial charge in [-0.15, -0.1) is 11.3 Å². The summed E-state index contributed by atoms with van der Waals surface area (Å²) in [4.78, 5) is 40.0. The van der Waals surface area contributed by atoms with Crippen LogP contribution in [0, 0.1) is 11.6 Å². The van der Waals surface area contributed by atoms with Gasteiger partial charge in [-0.25, -0.2) is 23.7 Å². The number of hydrogen-bond acceptors (Lipinski definition) is 7. The lowest BCUT2D eigenvalue weighted by Gasteiger charge is -2.16. The third kappa shape index (κ3) is 5.64. The number of halogens is 2. The molecule has 3 heterocycles. The number of thiophene rings is 1. The largest absolute Gasteiger partial charge is 0.365 e. The van der Waals surface area contributed by atoms with Crippen molar-refractivity contribution in [2.24, 2.45) is 0 Å². The molecule has 5 aromatic rings. The Morgan fingerprint density at radius 1 is 0.950 bits per heavy atom. The number of fused-ring (bicyclic) bond motifs is 1. The van der Waals surface area contributed by atoms with Crippen LogP contribution in [-0.2, 0) is 6.54 Å². The zero-order valence-corrected chi connectivity index (χ0v) is 22.4. The van der Waals surface area contributed by atoms with E-state index in [1.165, 1.54) is 12.4 Å². The van der Waals surface area contributed by atoms with Crippen molar-refractivity contribution in [3.05, 3.63) is 107 Å². The average Bonchev–Trinajstić information content (AvgIpc) is 3.45. The molecule has 0 radical (unpaired) electrons. The van der Waals surface area contributed by atoms with Crippen LogP contribution in [0.2, 0.25) is 0 Å². The lowest BCUT2D eigenvalue weighted by Crippen LogP contribution is -2.27. The molecule has 0 saturated heterocycles. The fourth-order valence-corrected chi connectivity index (χ4v) is 5.12. The van der Waals surface area contributed by atoms with Gasteiger partial charge in [0.25, 0.3) is 11.8 Å². The predicted molar refractivity (Wildman–Crippen MR) is 150 cm³/mol. The summed E-state index contributed by atoms with van der Waals surface area (Å²) in [6, 6.07) is 16.0. The third-order valence-electron chi connectivity index (χ3n) is 6.30. The highest BCUT2D eigenvalue weighted by Crippen LogP contribution is 2.31. The second-order valence-corrected chi connectivity index (χ2v) is 10.1. The van der Waals surface area contributed by atoms with E-state index in [0.717, 1.165) is 27.5 Å². The molecule has 0 spiro atoms. The van der Waals surface area contributed by atoms with Gasteiger partial charge in [-0.2, -0.15) is 0 Å². The summed E-state index contributed by atoms with van der Waals surface area (Å²) in [5.74, 6) is -2.20. The van der Waals surface area contributed by atoms with Gasteiger partial charge < -0.3 is 16.0 Å². The SMILES string of the molecule is CNC(=O)c1ncnc2ccc(-c3ccc(CNc4ncccc4C(=O)N[C@@H](C)c4ccc(F)c(F)c4)s3)cc12. The maximum Gasteiger partial charge on any atom is 0.270 e. The summed E-state index contributed by atoms with van der Waals surface area (Å²) in [6.07, 6.45) is 2.95. The second kappa shape index (κ2) is 11.5. The number of nitrogens with zero attached hydrogens (tertiary/aromatic N) is 3. The van der Waals surface area contributed by atoms with Crippen molar-refractivity contribution >= 4 is 39.9 Å². The molecule has 11 heteroatoms. The van der Waals surface area contributed by atoms with Gasteiger partial charge in [0, 0.05) is 28.4 Å². The lowest BCUT2D eigenvalue weighted by molar-refractivity contribution is 0.0937. The second-order valence-electron chi connectivity index (χ2n) is 8.92. The van der Waals surface area contributed by atoms with Gasteiger partial charge in [-0.1, -0.05) is 12.1 Å². The van der Waals surface area contributed by atoms with Gasteiger partial charge >= 0.3 is 0 Å². The summed E-state index contributed by atoms with van der Waals surface area (Å²) in [5, 5.41) is 9.30. The number of carbonyl (C=O) groups excluding carboxylic acids is 2. The van der Waals surface area contributed by atoms with Crippen LogP contribution >= 0.6 is 11.3 Å². The molecule has 3 aromatic heterocycles. The molecule has 0 aliphatic carbocycles. The maximum atomic E-state index is 13.6. The van der Waals surface area contributed by atoms with Crippen molar-refractivity contribution in [2.75, 3.05) is 12.4 Å². The molecule has 0 fully saturated rings. The predicted octanol–water partition coefficient (Wildman–Crippen LogP) is 5.49. The molecule has 1 atom stereocenters. The zero-order chi connectivity index (χ0) is 28.2. The summed E-state index contributed by atoms with van der Waals surface area (Å²) in [6.45, 7) is 2.11. The first-order valence-electron chi connectivity index (χ1n) is 12.3. The van der Waals surface area contributed by atoms with E-state index in [9.17, 15) is 18.4 Å². The molecule has 5 rings (SSSR count). The van der Waals surface area contributed by atoms with Crippen molar-refractivity contribution in [3.8, 4) is 10.4 Å². The molecule has 2 aromatic carbocycles. The van der Waals surface area contributed by atoms with Gasteiger partial charge in [0.2, 0.25) is 0 Å². The maximum absolute atomic E-state index is 13.6. The molecule has 40 heavy (non-hydrogen) atoms. The van der Waals surface area contributed by atoms with Crippen molar-refractivity contribution in [3.63, 3.8) is 0 Å². The minimum Gasteiger partial charge on any atom is -0.365 e. The average molecular weight is 559 g/mol. The van der Waals surface area contributed by atoms with E-state index in [-0.39, 0.29) is 5.91 Å². The number of aromatic nitrogens is 3. The van der Waals surface area contributed by atoms with Crippen LogP contribution in [0.25, 0.3) is 21.3 Å². The molecule has 8 nitrogen and oxygen atoms in total. The van der Waals surface area contributed by atoms with E-state index in [1.54, 1.807) is 43.6 Å². The molecule has 0 aliphatic heterocycles. The van der Waals surface area contributed by atoms with Crippen molar-refractivity contribution in [1.29, 1.82) is 0 Å². The van der Waals surface area contributed by atoms with Crippen LogP contribution in [0.1, 0.15) is 44.3 Å². The van der Waals surface area contributed by atoms with Crippen LogP contribution in [0.3, 0.4) is 0 Å². The van der Waals surface area contributed by atoms with Gasteiger partial charge in [-0.05, 0) is 66.6 Å². The molecule has 0 bridgehead atoms. The normalized spacial score (nSPS) is 11.7. The first-order chi connectivity index (χ1) is 19.3. The van der Waals surface area contributed by atoms with E-state index >= 15 is 0 Å². The van der Waals surface area contributed by atoms with E-state index in [4.69, 9.17) is 0 Å². The zero-order valence-electron chi connectivity index (χ0n) is 21.5. The Bertz CT molecular complexity index is 1720. The molecule has 0 aliphatic rings. The van der Waals surface area contributed by atoms with Crippen LogP contribution in [0.4, 0.5) is 14.6 Å². The Balaban J connectivity index is 1.30. The van der Waals surface area contributed by atoms with Crippen LogP contribution in [0.15, 0.2) is 73.2 Å². The minimum atomic E-state index is -0.971. The Morgan fingerprint density at radius 2 is 1.80 bits per heavy atom. The van der Waals surface area contributed by atoms with Crippen LogP contribution in [-0.4, -0.2) is 33.8 Å². The first-order valence-corrected chi connectivity index (χ1v) is 13.2. The third-order valence-corrected chi connectivity index (χ3v) is 7.43. The number of benzene rings is 2. The highest BCUT2D eigenvalue weighted by Gasteiger charge is 2.17. The molecular formula is C29H24F2N6O2S. The Morgan fingerprint density at radius 3 is 2.60 bits per heavy atom. The van der Waals surface area contributed by atoms with Crippen molar-refractivity contribution in [1.82, 2.24) is 25.6 Å². The summed E-state index contributed by atoms with van der Waals surface area (Å²) in [5.41, 5.74) is 2.68. The van der Waals surface area contributed by atoms with Gasteiger partial charge in [0.15, 0.2) is 11.6 Å². The van der Waals surface area contributed by atoms with E-state index in [1.807, 2.05) is 30.3 Å². The number of rotatable bonds is 8. The quantitative estimate of drug-likeness (QED) is 0.232. The van der Waals surface area contributed by atoms with Crippen LogP contribution in [0.5, 0.6) is 0 Å². The molecule has 3 N–H and O–H groups in total. The number of amides is 2. The van der Waals surface area contributed by atoms with Crippen LogP contribution < -0.4 is 16.0 Å². The Hall–Kier alpha value is -4.77. The number of anilines is 1. The van der Waals surface area contributed by atoms with Gasteiger partial charge in [-0.3, -0.25) is 9.59 Å². The fourth-order valence-electron chi connectivity index (χ4n) is 4.18. The number of hydrogen-bond donors (Lipinski definition) is 3. The minimum absolute atomic E-state index is 0.282. The standard InChI is InChI=1S/C29H24F2N6O2S/c1-16(17-5-8-22(30)23(31)13-17)37-28(38)20-4-3-11-33-27(20)34-14-19-7-10-25(40-19)18-6-9-24-21(12-18)26(29(39)32-2)36-15-35-24/h3-13,15-16H,14H2,1-2H3,(H,32,39)(H,33,34)(H,37,38)/t16-/m0/s1. The Labute approximate surface area is 232 Å². The Kier molecular flexibility index (Phi) is 7.74. The summed E-state index contributed by atoms with van der Waals surface area (Å²) in [7, 11) is 1.56. The van der Waals surface area contributed by atoms with Crippen molar-refractivity contribution in [2.45, 2.75) is 19.5 Å². The lowest BCUT2D eigenvalue weighted by atomic mass is 10.1. The van der Waals surface area contributed by atoms with Gasteiger partial charge in [0.05, 0.1) is 23.7 Å². The number of pyridine rings is 1. The summed E-state index contributed by atoms with van der Waals surface area (Å²) >= 11 is 1.56. The van der Waals surface area contributed by atoms with E-state index in [0.29, 0.717) is 40.1 Å². The topological polar surface area (TPSA) is 109 Å². The van der Waals surface area contributed by atoms with E-state index < -0.39 is 23.6 Å². The molecule has 0 unspecified atom stereocenters. The fraction of sp³-hybridized carbons (Fsp3) is 0.138. The highest BCUT2D eigenvalue weighted by molar-refractivity contribution is 7.15. The molecule has 202 valence electrons. The monoisotopic (exact) mass is 558 g/mol. The van der Waals surface area contributed by atoms with Crippen molar-refractivity contribution < 1.29 is 18.4 Å². The summed E-state index contributed by atoms with van der Waals surface area (Å²) < 4.78 is 26.9. The van der Waals surface area contributed by atoms with E-state index in [2.05, 4.69) is 30.9 Å².